The highest BCUT2D eigenvalue weighted by Gasteiger charge is 2.27. The van der Waals surface area contributed by atoms with Gasteiger partial charge in [-0.3, -0.25) is 0 Å². The van der Waals surface area contributed by atoms with E-state index in [2.05, 4.69) is 20.7 Å². The van der Waals surface area contributed by atoms with Gasteiger partial charge in [0.1, 0.15) is 0 Å². The van der Waals surface area contributed by atoms with Gasteiger partial charge in [-0.25, -0.2) is 13.1 Å². The van der Waals surface area contributed by atoms with Crippen molar-refractivity contribution < 1.29 is 13.2 Å². The summed E-state index contributed by atoms with van der Waals surface area (Å²) in [7, 11) is -2.08. The lowest BCUT2D eigenvalue weighted by Crippen LogP contribution is -2.40. The Balaban J connectivity index is 3.18. The summed E-state index contributed by atoms with van der Waals surface area (Å²) in [6, 6.07) is 0. The second kappa shape index (κ2) is 4.64. The summed E-state index contributed by atoms with van der Waals surface area (Å²) < 4.78 is 32.6. The topological polar surface area (TPSA) is 55.4 Å². The molecule has 1 N–H and O–H groups in total. The van der Waals surface area contributed by atoms with Crippen LogP contribution in [0.4, 0.5) is 0 Å². The standard InChI is InChI=1S/C9H14BrNO3S2/c1-9(2,3)11-16(12,13)8-7(14-4)6(10)5-15-8/h5,11H,1-4H3. The molecule has 0 unspecified atom stereocenters. The van der Waals surface area contributed by atoms with Crippen molar-refractivity contribution >= 4 is 37.3 Å². The molecule has 1 aromatic rings. The van der Waals surface area contributed by atoms with Crippen molar-refractivity contribution in [2.24, 2.45) is 0 Å². The molecule has 0 aliphatic rings. The molecule has 0 atom stereocenters. The molecular weight excluding hydrogens is 314 g/mol. The van der Waals surface area contributed by atoms with Crippen molar-refractivity contribution in [3.8, 4) is 5.75 Å². The molecule has 0 saturated heterocycles. The molecule has 0 fully saturated rings. The van der Waals surface area contributed by atoms with Crippen molar-refractivity contribution in [1.82, 2.24) is 4.72 Å². The third-order valence-electron chi connectivity index (χ3n) is 1.56. The van der Waals surface area contributed by atoms with Crippen LogP contribution in [0.15, 0.2) is 14.1 Å². The van der Waals surface area contributed by atoms with Gasteiger partial charge in [0, 0.05) is 10.9 Å². The normalized spacial score (nSPS) is 12.8. The van der Waals surface area contributed by atoms with Gasteiger partial charge in [0.15, 0.2) is 9.96 Å². The second-order valence-electron chi connectivity index (χ2n) is 4.26. The lowest BCUT2D eigenvalue weighted by molar-refractivity contribution is 0.402. The molecule has 92 valence electrons. The second-order valence-corrected chi connectivity index (χ2v) is 7.87. The average molecular weight is 328 g/mol. The molecule has 1 aromatic heterocycles. The molecule has 0 aliphatic heterocycles. The number of thiophene rings is 1. The van der Waals surface area contributed by atoms with E-state index in [4.69, 9.17) is 4.74 Å². The van der Waals surface area contributed by atoms with Crippen LogP contribution < -0.4 is 9.46 Å². The molecular formula is C9H14BrNO3S2. The maximum atomic E-state index is 12.0. The van der Waals surface area contributed by atoms with Crippen LogP contribution in [-0.4, -0.2) is 21.1 Å². The molecule has 0 aliphatic carbocycles. The number of hydrogen-bond donors (Lipinski definition) is 1. The van der Waals surface area contributed by atoms with E-state index in [1.165, 1.54) is 7.11 Å². The highest BCUT2D eigenvalue weighted by Crippen LogP contribution is 2.38. The highest BCUT2D eigenvalue weighted by molar-refractivity contribution is 9.10. The third kappa shape index (κ3) is 3.19. The van der Waals surface area contributed by atoms with Crippen LogP contribution in [0.5, 0.6) is 5.75 Å². The largest absolute Gasteiger partial charge is 0.493 e. The fourth-order valence-electron chi connectivity index (χ4n) is 1.13. The van der Waals surface area contributed by atoms with E-state index in [0.29, 0.717) is 10.2 Å². The predicted molar refractivity (Wildman–Crippen MR) is 68.6 cm³/mol. The summed E-state index contributed by atoms with van der Waals surface area (Å²) in [5, 5.41) is 1.69. The van der Waals surface area contributed by atoms with Crippen molar-refractivity contribution in [1.29, 1.82) is 0 Å². The maximum absolute atomic E-state index is 12.0. The van der Waals surface area contributed by atoms with Crippen molar-refractivity contribution in [2.45, 2.75) is 30.5 Å². The van der Waals surface area contributed by atoms with E-state index in [1.807, 2.05) is 0 Å². The van der Waals surface area contributed by atoms with Gasteiger partial charge in [0.2, 0.25) is 0 Å². The predicted octanol–water partition coefficient (Wildman–Crippen LogP) is 2.60. The molecule has 7 heteroatoms. The molecule has 1 rings (SSSR count). The fourth-order valence-corrected chi connectivity index (χ4v) is 4.76. The van der Waals surface area contributed by atoms with Crippen LogP contribution in [-0.2, 0) is 10.0 Å². The van der Waals surface area contributed by atoms with Gasteiger partial charge in [-0.15, -0.1) is 11.3 Å². The molecule has 0 spiro atoms. The van der Waals surface area contributed by atoms with E-state index in [9.17, 15) is 8.42 Å². The Labute approximate surface area is 108 Å². The van der Waals surface area contributed by atoms with Gasteiger partial charge in [0.05, 0.1) is 11.6 Å². The summed E-state index contributed by atoms with van der Waals surface area (Å²) in [6.45, 7) is 5.37. The number of ether oxygens (including phenoxy) is 1. The molecule has 16 heavy (non-hydrogen) atoms. The molecule has 0 amide bonds. The van der Waals surface area contributed by atoms with Gasteiger partial charge in [-0.2, -0.15) is 0 Å². The summed E-state index contributed by atoms with van der Waals surface area (Å²) in [5.74, 6) is 0.349. The first-order valence-electron chi connectivity index (χ1n) is 4.52. The monoisotopic (exact) mass is 327 g/mol. The average Bonchev–Trinajstić information content (AvgIpc) is 2.42. The van der Waals surface area contributed by atoms with E-state index >= 15 is 0 Å². The zero-order valence-electron chi connectivity index (χ0n) is 9.50. The first-order chi connectivity index (χ1) is 7.17. The Morgan fingerprint density at radius 1 is 1.44 bits per heavy atom. The van der Waals surface area contributed by atoms with Crippen molar-refractivity contribution in [3.05, 3.63) is 9.85 Å². The molecule has 0 aromatic carbocycles. The van der Waals surface area contributed by atoms with Crippen LogP contribution in [0, 0.1) is 0 Å². The van der Waals surface area contributed by atoms with Gasteiger partial charge < -0.3 is 4.74 Å². The van der Waals surface area contributed by atoms with Crippen LogP contribution in [0.3, 0.4) is 0 Å². The van der Waals surface area contributed by atoms with Crippen molar-refractivity contribution in [3.63, 3.8) is 0 Å². The van der Waals surface area contributed by atoms with Crippen LogP contribution >= 0.6 is 27.3 Å². The molecule has 1 heterocycles. The minimum absolute atomic E-state index is 0.191. The molecule has 0 saturated carbocycles. The maximum Gasteiger partial charge on any atom is 0.254 e. The zero-order chi connectivity index (χ0) is 12.6. The highest BCUT2D eigenvalue weighted by atomic mass is 79.9. The number of methoxy groups -OCH3 is 1. The molecule has 4 nitrogen and oxygen atoms in total. The first kappa shape index (κ1) is 14.0. The zero-order valence-corrected chi connectivity index (χ0v) is 12.7. The van der Waals surface area contributed by atoms with Crippen LogP contribution in [0.1, 0.15) is 20.8 Å². The van der Waals surface area contributed by atoms with E-state index in [-0.39, 0.29) is 4.21 Å². The Kier molecular flexibility index (Phi) is 4.04. The number of hydrogen-bond acceptors (Lipinski definition) is 4. The van der Waals surface area contributed by atoms with Crippen LogP contribution in [0.25, 0.3) is 0 Å². The third-order valence-corrected chi connectivity index (χ3v) is 5.71. The number of halogens is 1. The van der Waals surface area contributed by atoms with E-state index in [0.717, 1.165) is 11.3 Å². The lowest BCUT2D eigenvalue weighted by Gasteiger charge is -2.20. The minimum Gasteiger partial charge on any atom is -0.493 e. The summed E-state index contributed by atoms with van der Waals surface area (Å²) in [5.41, 5.74) is -0.514. The number of nitrogens with one attached hydrogen (secondary N) is 1. The Morgan fingerprint density at radius 3 is 2.44 bits per heavy atom. The lowest BCUT2D eigenvalue weighted by atomic mass is 10.1. The van der Waals surface area contributed by atoms with Crippen molar-refractivity contribution in [2.75, 3.05) is 7.11 Å². The number of sulfonamides is 1. The fraction of sp³-hybridized carbons (Fsp3) is 0.556. The molecule has 0 radical (unpaired) electrons. The van der Waals surface area contributed by atoms with Crippen LogP contribution in [0.2, 0.25) is 0 Å². The summed E-state index contributed by atoms with van der Waals surface area (Å²) in [6.07, 6.45) is 0. The quantitative estimate of drug-likeness (QED) is 0.928. The smallest absolute Gasteiger partial charge is 0.254 e. The van der Waals surface area contributed by atoms with Gasteiger partial charge in [0.25, 0.3) is 10.0 Å². The Morgan fingerprint density at radius 2 is 2.00 bits per heavy atom. The minimum atomic E-state index is -3.53. The van der Waals surface area contributed by atoms with Gasteiger partial charge in [-0.05, 0) is 36.7 Å². The summed E-state index contributed by atoms with van der Waals surface area (Å²) in [4.78, 5) is 0. The summed E-state index contributed by atoms with van der Waals surface area (Å²) >= 11 is 4.37. The molecule has 0 bridgehead atoms. The van der Waals surface area contributed by atoms with Gasteiger partial charge in [-0.1, -0.05) is 0 Å². The Hall–Kier alpha value is -0.110. The van der Waals surface area contributed by atoms with E-state index < -0.39 is 15.6 Å². The first-order valence-corrected chi connectivity index (χ1v) is 7.68. The number of rotatable bonds is 3. The van der Waals surface area contributed by atoms with E-state index in [1.54, 1.807) is 26.2 Å². The van der Waals surface area contributed by atoms with Gasteiger partial charge >= 0.3 is 0 Å². The SMILES string of the molecule is COc1c(Br)csc1S(=O)(=O)NC(C)(C)C. The Bertz CT molecular complexity index is 473.